The first-order valence-corrected chi connectivity index (χ1v) is 11.8. The first kappa shape index (κ1) is 24.9. The third-order valence-electron chi connectivity index (χ3n) is 6.26. The van der Waals surface area contributed by atoms with Crippen LogP contribution in [-0.2, 0) is 17.9 Å². The minimum atomic E-state index is -1.08. The SMILES string of the molecule is COc1ccc(C(=O)N2CCN(C(=O)c3ccc(C)cc3)C2C(=O)NCc2cccc(CN)c2)cc1. The zero-order chi connectivity index (χ0) is 25.7. The van der Waals surface area contributed by atoms with Gasteiger partial charge in [-0.15, -0.1) is 0 Å². The van der Waals surface area contributed by atoms with Gasteiger partial charge >= 0.3 is 0 Å². The molecule has 0 bridgehead atoms. The lowest BCUT2D eigenvalue weighted by Crippen LogP contribution is -2.53. The monoisotopic (exact) mass is 486 g/mol. The van der Waals surface area contributed by atoms with Gasteiger partial charge in [0, 0.05) is 37.3 Å². The van der Waals surface area contributed by atoms with Crippen molar-refractivity contribution in [1.82, 2.24) is 15.1 Å². The van der Waals surface area contributed by atoms with Crippen molar-refractivity contribution in [2.75, 3.05) is 20.2 Å². The smallest absolute Gasteiger partial charge is 0.264 e. The summed E-state index contributed by atoms with van der Waals surface area (Å²) in [5.41, 5.74) is 9.47. The number of methoxy groups -OCH3 is 1. The summed E-state index contributed by atoms with van der Waals surface area (Å²) in [5.74, 6) is -0.432. The molecule has 1 heterocycles. The number of rotatable bonds is 7. The van der Waals surface area contributed by atoms with Crippen LogP contribution in [0.1, 0.15) is 37.4 Å². The number of carbonyl (C=O) groups excluding carboxylic acids is 3. The van der Waals surface area contributed by atoms with Gasteiger partial charge in [-0.05, 0) is 54.4 Å². The molecule has 0 spiro atoms. The fraction of sp³-hybridized carbons (Fsp3) is 0.250. The maximum Gasteiger partial charge on any atom is 0.264 e. The Morgan fingerprint density at radius 2 is 1.44 bits per heavy atom. The van der Waals surface area contributed by atoms with Crippen molar-refractivity contribution < 1.29 is 19.1 Å². The van der Waals surface area contributed by atoms with E-state index in [0.717, 1.165) is 16.7 Å². The van der Waals surface area contributed by atoms with E-state index in [4.69, 9.17) is 10.5 Å². The number of nitrogens with one attached hydrogen (secondary N) is 1. The molecule has 3 aromatic rings. The van der Waals surface area contributed by atoms with E-state index < -0.39 is 12.1 Å². The molecule has 3 aromatic carbocycles. The largest absolute Gasteiger partial charge is 0.497 e. The summed E-state index contributed by atoms with van der Waals surface area (Å²) in [6, 6.07) is 21.5. The molecule has 36 heavy (non-hydrogen) atoms. The van der Waals surface area contributed by atoms with Crippen LogP contribution in [0.3, 0.4) is 0 Å². The lowest BCUT2D eigenvalue weighted by atomic mass is 10.1. The molecule has 1 unspecified atom stereocenters. The number of nitrogens with zero attached hydrogens (tertiary/aromatic N) is 2. The van der Waals surface area contributed by atoms with Gasteiger partial charge in [-0.25, -0.2) is 0 Å². The first-order valence-electron chi connectivity index (χ1n) is 11.8. The second-order valence-electron chi connectivity index (χ2n) is 8.71. The highest BCUT2D eigenvalue weighted by atomic mass is 16.5. The third-order valence-corrected chi connectivity index (χ3v) is 6.26. The molecular formula is C28H30N4O4. The Morgan fingerprint density at radius 3 is 2.00 bits per heavy atom. The number of amides is 3. The summed E-state index contributed by atoms with van der Waals surface area (Å²) in [4.78, 5) is 43.2. The number of ether oxygens (including phenoxy) is 1. The second-order valence-corrected chi connectivity index (χ2v) is 8.71. The van der Waals surface area contributed by atoms with E-state index in [1.54, 1.807) is 43.5 Å². The Bertz CT molecular complexity index is 1240. The predicted octanol–water partition coefficient (Wildman–Crippen LogP) is 2.70. The van der Waals surface area contributed by atoms with Gasteiger partial charge in [0.05, 0.1) is 7.11 Å². The molecule has 3 N–H and O–H groups in total. The molecule has 3 amide bonds. The van der Waals surface area contributed by atoms with Crippen molar-refractivity contribution in [2.45, 2.75) is 26.2 Å². The highest BCUT2D eigenvalue weighted by molar-refractivity contribution is 6.02. The number of aryl methyl sites for hydroxylation is 1. The van der Waals surface area contributed by atoms with Crippen LogP contribution < -0.4 is 15.8 Å². The maximum atomic E-state index is 13.5. The van der Waals surface area contributed by atoms with Crippen molar-refractivity contribution in [3.63, 3.8) is 0 Å². The summed E-state index contributed by atoms with van der Waals surface area (Å²) in [5, 5.41) is 2.90. The van der Waals surface area contributed by atoms with Gasteiger partial charge in [-0.1, -0.05) is 42.0 Å². The van der Waals surface area contributed by atoms with Crippen LogP contribution in [0, 0.1) is 6.92 Å². The molecule has 0 radical (unpaired) electrons. The quantitative estimate of drug-likeness (QED) is 0.534. The zero-order valence-electron chi connectivity index (χ0n) is 20.4. The molecule has 8 heteroatoms. The summed E-state index contributed by atoms with van der Waals surface area (Å²) in [6.45, 7) is 3.07. The third kappa shape index (κ3) is 5.39. The van der Waals surface area contributed by atoms with E-state index >= 15 is 0 Å². The van der Waals surface area contributed by atoms with Gasteiger partial charge in [0.2, 0.25) is 0 Å². The van der Waals surface area contributed by atoms with Crippen LogP contribution in [0.4, 0.5) is 0 Å². The first-order chi connectivity index (χ1) is 17.4. The van der Waals surface area contributed by atoms with Crippen molar-refractivity contribution in [3.8, 4) is 5.75 Å². The molecule has 0 saturated carbocycles. The highest BCUT2D eigenvalue weighted by Crippen LogP contribution is 2.23. The molecule has 1 atom stereocenters. The summed E-state index contributed by atoms with van der Waals surface area (Å²) >= 11 is 0. The Kier molecular flexibility index (Phi) is 7.65. The standard InChI is InChI=1S/C28H30N4O4/c1-19-6-8-22(9-7-19)27(34)31-14-15-32(28(35)23-10-12-24(36-2)13-11-23)26(31)25(33)30-18-21-5-3-4-20(16-21)17-29/h3-13,16,26H,14-15,17-18,29H2,1-2H3,(H,30,33). The van der Waals surface area contributed by atoms with Crippen LogP contribution in [0.2, 0.25) is 0 Å². The van der Waals surface area contributed by atoms with Gasteiger partial charge in [0.25, 0.3) is 17.7 Å². The average molecular weight is 487 g/mol. The molecular weight excluding hydrogens is 456 g/mol. The fourth-order valence-electron chi connectivity index (χ4n) is 4.25. The number of nitrogens with two attached hydrogens (primary N) is 1. The minimum absolute atomic E-state index is 0.239. The summed E-state index contributed by atoms with van der Waals surface area (Å²) in [7, 11) is 1.55. The summed E-state index contributed by atoms with van der Waals surface area (Å²) < 4.78 is 5.18. The molecule has 1 aliphatic rings. The molecule has 1 fully saturated rings. The Hall–Kier alpha value is -4.17. The Labute approximate surface area is 210 Å². The normalized spacial score (nSPS) is 15.0. The van der Waals surface area contributed by atoms with Crippen LogP contribution in [0.25, 0.3) is 0 Å². The topological polar surface area (TPSA) is 105 Å². The molecule has 8 nitrogen and oxygen atoms in total. The molecule has 1 saturated heterocycles. The average Bonchev–Trinajstić information content (AvgIpc) is 3.37. The van der Waals surface area contributed by atoms with Gasteiger partial charge in [-0.3, -0.25) is 14.4 Å². The Morgan fingerprint density at radius 1 is 0.889 bits per heavy atom. The van der Waals surface area contributed by atoms with Gasteiger partial charge < -0.3 is 25.6 Å². The van der Waals surface area contributed by atoms with E-state index in [2.05, 4.69) is 5.32 Å². The van der Waals surface area contributed by atoms with E-state index in [1.165, 1.54) is 9.80 Å². The molecule has 186 valence electrons. The van der Waals surface area contributed by atoms with Crippen molar-refractivity contribution >= 4 is 17.7 Å². The number of hydrogen-bond acceptors (Lipinski definition) is 5. The number of benzene rings is 3. The van der Waals surface area contributed by atoms with Crippen LogP contribution in [0.15, 0.2) is 72.8 Å². The van der Waals surface area contributed by atoms with Crippen molar-refractivity contribution in [2.24, 2.45) is 5.73 Å². The minimum Gasteiger partial charge on any atom is -0.497 e. The van der Waals surface area contributed by atoms with Crippen LogP contribution in [0.5, 0.6) is 5.75 Å². The maximum absolute atomic E-state index is 13.5. The number of hydrogen-bond donors (Lipinski definition) is 2. The fourth-order valence-corrected chi connectivity index (χ4v) is 4.25. The van der Waals surface area contributed by atoms with Gasteiger partial charge in [-0.2, -0.15) is 0 Å². The van der Waals surface area contributed by atoms with E-state index in [9.17, 15) is 14.4 Å². The summed E-state index contributed by atoms with van der Waals surface area (Å²) in [6.07, 6.45) is -1.08. The van der Waals surface area contributed by atoms with Gasteiger partial charge in [0.1, 0.15) is 5.75 Å². The van der Waals surface area contributed by atoms with E-state index in [1.807, 2.05) is 43.3 Å². The highest BCUT2D eigenvalue weighted by Gasteiger charge is 2.43. The van der Waals surface area contributed by atoms with E-state index in [0.29, 0.717) is 23.4 Å². The molecule has 0 aliphatic carbocycles. The molecule has 4 rings (SSSR count). The Balaban J connectivity index is 1.59. The molecule has 0 aromatic heterocycles. The van der Waals surface area contributed by atoms with Crippen LogP contribution in [-0.4, -0.2) is 53.9 Å². The lowest BCUT2D eigenvalue weighted by molar-refractivity contribution is -0.128. The predicted molar refractivity (Wildman–Crippen MR) is 136 cm³/mol. The lowest BCUT2D eigenvalue weighted by Gasteiger charge is -2.29. The molecule has 1 aliphatic heterocycles. The van der Waals surface area contributed by atoms with Gasteiger partial charge in [0.15, 0.2) is 6.17 Å². The van der Waals surface area contributed by atoms with Crippen LogP contribution >= 0.6 is 0 Å². The zero-order valence-corrected chi connectivity index (χ0v) is 20.4. The second kappa shape index (κ2) is 11.0. The number of carbonyl (C=O) groups is 3. The van der Waals surface area contributed by atoms with Crippen molar-refractivity contribution in [1.29, 1.82) is 0 Å². The van der Waals surface area contributed by atoms with Crippen molar-refractivity contribution in [3.05, 3.63) is 101 Å². The van der Waals surface area contributed by atoms with E-state index in [-0.39, 0.29) is 31.4 Å².